The van der Waals surface area contributed by atoms with Crippen LogP contribution in [0.4, 0.5) is 0 Å². The van der Waals surface area contributed by atoms with Crippen molar-refractivity contribution in [3.63, 3.8) is 0 Å². The zero-order valence-corrected chi connectivity index (χ0v) is 9.39. The molecule has 0 saturated heterocycles. The van der Waals surface area contributed by atoms with Crippen LogP contribution in [0.2, 0.25) is 0 Å². The zero-order valence-electron chi connectivity index (χ0n) is 9.39. The summed E-state index contributed by atoms with van der Waals surface area (Å²) in [6.07, 6.45) is 5.54. The van der Waals surface area contributed by atoms with Gasteiger partial charge in [-0.05, 0) is 25.0 Å². The van der Waals surface area contributed by atoms with E-state index in [0.29, 0.717) is 6.42 Å². The minimum atomic E-state index is -0.531. The van der Waals surface area contributed by atoms with E-state index in [9.17, 15) is 4.79 Å². The Kier molecular flexibility index (Phi) is 4.66. The Morgan fingerprint density at radius 2 is 2.50 bits per heavy atom. The molecule has 86 valence electrons. The van der Waals surface area contributed by atoms with E-state index in [1.165, 1.54) is 0 Å². The van der Waals surface area contributed by atoms with Gasteiger partial charge < -0.3 is 11.1 Å². The van der Waals surface area contributed by atoms with Crippen molar-refractivity contribution in [2.24, 2.45) is 5.73 Å². The van der Waals surface area contributed by atoms with E-state index in [1.807, 2.05) is 19.1 Å². The Labute approximate surface area is 95.6 Å². The van der Waals surface area contributed by atoms with Crippen LogP contribution >= 0.6 is 0 Å². The molecule has 16 heavy (non-hydrogen) atoms. The van der Waals surface area contributed by atoms with Gasteiger partial charge in [-0.2, -0.15) is 0 Å². The fourth-order valence-corrected chi connectivity index (χ4v) is 1.32. The van der Waals surface area contributed by atoms with Crippen LogP contribution < -0.4 is 11.1 Å². The summed E-state index contributed by atoms with van der Waals surface area (Å²) in [4.78, 5) is 15.6. The third-order valence-electron chi connectivity index (χ3n) is 2.30. The minimum Gasteiger partial charge on any atom is -0.348 e. The number of nitrogens with two attached hydrogens (primary N) is 1. The topological polar surface area (TPSA) is 68.0 Å². The largest absolute Gasteiger partial charge is 0.348 e. The number of aromatic nitrogens is 1. The minimum absolute atomic E-state index is 0.0861. The molecule has 4 nitrogen and oxygen atoms in total. The first-order valence-corrected chi connectivity index (χ1v) is 5.22. The maximum absolute atomic E-state index is 11.6. The molecule has 2 unspecified atom stereocenters. The number of amides is 1. The Bertz CT molecular complexity index is 351. The van der Waals surface area contributed by atoms with Crippen molar-refractivity contribution in [3.05, 3.63) is 42.7 Å². The molecule has 1 rings (SSSR count). The van der Waals surface area contributed by atoms with E-state index < -0.39 is 6.04 Å². The Morgan fingerprint density at radius 3 is 3.06 bits per heavy atom. The van der Waals surface area contributed by atoms with Crippen molar-refractivity contribution >= 4 is 5.91 Å². The molecular weight excluding hydrogens is 202 g/mol. The molecule has 0 radical (unpaired) electrons. The van der Waals surface area contributed by atoms with Crippen LogP contribution in [0.15, 0.2) is 37.2 Å². The Morgan fingerprint density at radius 1 is 1.75 bits per heavy atom. The molecular formula is C12H17N3O. The van der Waals surface area contributed by atoms with E-state index in [2.05, 4.69) is 16.9 Å². The fraction of sp³-hybridized carbons (Fsp3) is 0.333. The van der Waals surface area contributed by atoms with Crippen LogP contribution in [-0.2, 0) is 4.79 Å². The van der Waals surface area contributed by atoms with Gasteiger partial charge in [0.25, 0.3) is 0 Å². The van der Waals surface area contributed by atoms with Gasteiger partial charge in [-0.25, -0.2) is 0 Å². The second-order valence-corrected chi connectivity index (χ2v) is 3.65. The van der Waals surface area contributed by atoms with E-state index >= 15 is 0 Å². The van der Waals surface area contributed by atoms with Crippen LogP contribution in [0.1, 0.15) is 24.9 Å². The van der Waals surface area contributed by atoms with Crippen LogP contribution in [0.3, 0.4) is 0 Å². The van der Waals surface area contributed by atoms with Gasteiger partial charge in [0.05, 0.1) is 12.1 Å². The SMILES string of the molecule is C=CCC(N)C(=O)NC(C)c1cccnc1. The van der Waals surface area contributed by atoms with Crippen LogP contribution in [-0.4, -0.2) is 16.9 Å². The zero-order chi connectivity index (χ0) is 12.0. The highest BCUT2D eigenvalue weighted by atomic mass is 16.2. The lowest BCUT2D eigenvalue weighted by Gasteiger charge is -2.16. The normalized spacial score (nSPS) is 13.9. The van der Waals surface area contributed by atoms with E-state index in [4.69, 9.17) is 5.73 Å². The second-order valence-electron chi connectivity index (χ2n) is 3.65. The lowest BCUT2D eigenvalue weighted by Crippen LogP contribution is -2.41. The number of rotatable bonds is 5. The highest BCUT2D eigenvalue weighted by Gasteiger charge is 2.15. The lowest BCUT2D eigenvalue weighted by molar-refractivity contribution is -0.122. The van der Waals surface area contributed by atoms with Crippen LogP contribution in [0.5, 0.6) is 0 Å². The van der Waals surface area contributed by atoms with E-state index in [0.717, 1.165) is 5.56 Å². The summed E-state index contributed by atoms with van der Waals surface area (Å²) < 4.78 is 0. The summed E-state index contributed by atoms with van der Waals surface area (Å²) in [5.74, 6) is -0.170. The van der Waals surface area contributed by atoms with Gasteiger partial charge in [-0.3, -0.25) is 9.78 Å². The molecule has 0 aromatic carbocycles. The maximum atomic E-state index is 11.6. The van der Waals surface area contributed by atoms with Crippen molar-refractivity contribution < 1.29 is 4.79 Å². The van der Waals surface area contributed by atoms with Crippen molar-refractivity contribution in [2.45, 2.75) is 25.4 Å². The Balaban J connectivity index is 2.55. The van der Waals surface area contributed by atoms with Crippen molar-refractivity contribution in [2.75, 3.05) is 0 Å². The van der Waals surface area contributed by atoms with Gasteiger partial charge in [0.2, 0.25) is 5.91 Å². The van der Waals surface area contributed by atoms with Gasteiger partial charge in [-0.15, -0.1) is 6.58 Å². The monoisotopic (exact) mass is 219 g/mol. The third-order valence-corrected chi connectivity index (χ3v) is 2.30. The van der Waals surface area contributed by atoms with Crippen molar-refractivity contribution in [3.8, 4) is 0 Å². The predicted molar refractivity (Wildman–Crippen MR) is 63.6 cm³/mol. The number of hydrogen-bond acceptors (Lipinski definition) is 3. The number of nitrogens with zero attached hydrogens (tertiary/aromatic N) is 1. The molecule has 1 aromatic heterocycles. The average molecular weight is 219 g/mol. The molecule has 0 spiro atoms. The molecule has 0 aliphatic rings. The first-order chi connectivity index (χ1) is 7.65. The summed E-state index contributed by atoms with van der Waals surface area (Å²) >= 11 is 0. The molecule has 0 aliphatic carbocycles. The number of nitrogens with one attached hydrogen (secondary N) is 1. The summed E-state index contributed by atoms with van der Waals surface area (Å²) in [7, 11) is 0. The first-order valence-electron chi connectivity index (χ1n) is 5.22. The van der Waals surface area contributed by atoms with Gasteiger partial charge in [0.15, 0.2) is 0 Å². The number of hydrogen-bond donors (Lipinski definition) is 2. The molecule has 1 aromatic rings. The molecule has 0 fully saturated rings. The molecule has 1 heterocycles. The summed E-state index contributed by atoms with van der Waals surface area (Å²) in [5.41, 5.74) is 6.62. The predicted octanol–water partition coefficient (Wildman–Crippen LogP) is 1.16. The molecule has 1 amide bonds. The highest BCUT2D eigenvalue weighted by molar-refractivity contribution is 5.82. The van der Waals surface area contributed by atoms with Gasteiger partial charge in [0.1, 0.15) is 0 Å². The fourth-order valence-electron chi connectivity index (χ4n) is 1.32. The van der Waals surface area contributed by atoms with Crippen molar-refractivity contribution in [1.29, 1.82) is 0 Å². The van der Waals surface area contributed by atoms with E-state index in [1.54, 1.807) is 18.5 Å². The second kappa shape index (κ2) is 6.02. The number of pyridine rings is 1. The molecule has 0 aliphatic heterocycles. The van der Waals surface area contributed by atoms with E-state index in [-0.39, 0.29) is 11.9 Å². The van der Waals surface area contributed by atoms with Gasteiger partial charge >= 0.3 is 0 Å². The Hall–Kier alpha value is -1.68. The third kappa shape index (κ3) is 3.47. The molecule has 0 bridgehead atoms. The van der Waals surface area contributed by atoms with Crippen LogP contribution in [0.25, 0.3) is 0 Å². The average Bonchev–Trinajstić information content (AvgIpc) is 2.30. The molecule has 2 atom stereocenters. The smallest absolute Gasteiger partial charge is 0.237 e. The standard InChI is InChI=1S/C12H17N3O/c1-3-5-11(13)12(16)15-9(2)10-6-4-7-14-8-10/h3-4,6-9,11H,1,5,13H2,2H3,(H,15,16). The van der Waals surface area contributed by atoms with Gasteiger partial charge in [0, 0.05) is 12.4 Å². The number of carbonyl (C=O) groups is 1. The van der Waals surface area contributed by atoms with Crippen LogP contribution in [0, 0.1) is 0 Å². The number of carbonyl (C=O) groups excluding carboxylic acids is 1. The summed E-state index contributed by atoms with van der Waals surface area (Å²) in [5, 5.41) is 2.83. The maximum Gasteiger partial charge on any atom is 0.237 e. The van der Waals surface area contributed by atoms with Crippen molar-refractivity contribution in [1.82, 2.24) is 10.3 Å². The highest BCUT2D eigenvalue weighted by Crippen LogP contribution is 2.09. The summed E-state index contributed by atoms with van der Waals surface area (Å²) in [6, 6.07) is 3.13. The summed E-state index contributed by atoms with van der Waals surface area (Å²) in [6.45, 7) is 5.45. The quantitative estimate of drug-likeness (QED) is 0.730. The first kappa shape index (κ1) is 12.4. The molecule has 4 heteroatoms. The molecule has 0 saturated carbocycles. The molecule has 3 N–H and O–H groups in total. The lowest BCUT2D eigenvalue weighted by atomic mass is 10.1. The van der Waals surface area contributed by atoms with Gasteiger partial charge in [-0.1, -0.05) is 12.1 Å².